The Morgan fingerprint density at radius 2 is 2.15 bits per heavy atom. The minimum Gasteiger partial charge on any atom is -0.468 e. The van der Waals surface area contributed by atoms with Crippen LogP contribution in [0.15, 0.2) is 47.1 Å². The molecule has 1 aromatic heterocycles. The molecular weight excluding hydrogens is 250 g/mol. The first-order chi connectivity index (χ1) is 9.70. The average Bonchev–Trinajstić information content (AvgIpc) is 2.97. The van der Waals surface area contributed by atoms with Crippen LogP contribution in [-0.2, 0) is 6.54 Å². The molecule has 20 heavy (non-hydrogen) atoms. The molecule has 0 fully saturated rings. The Labute approximate surface area is 119 Å². The largest absolute Gasteiger partial charge is 0.468 e. The second kappa shape index (κ2) is 6.90. The van der Waals surface area contributed by atoms with Crippen molar-refractivity contribution in [2.45, 2.75) is 12.6 Å². The van der Waals surface area contributed by atoms with Gasteiger partial charge in [-0.25, -0.2) is 0 Å². The summed E-state index contributed by atoms with van der Waals surface area (Å²) < 4.78 is 5.47. The summed E-state index contributed by atoms with van der Waals surface area (Å²) in [6, 6.07) is 13.9. The van der Waals surface area contributed by atoms with Crippen molar-refractivity contribution in [2.75, 3.05) is 20.6 Å². The van der Waals surface area contributed by atoms with Crippen LogP contribution in [0.3, 0.4) is 0 Å². The Balaban J connectivity index is 1.92. The van der Waals surface area contributed by atoms with Gasteiger partial charge in [-0.2, -0.15) is 5.26 Å². The minimum absolute atomic E-state index is 0.198. The van der Waals surface area contributed by atoms with Crippen LogP contribution in [0.25, 0.3) is 0 Å². The average molecular weight is 269 g/mol. The SMILES string of the molecule is CN(C)C(CNCc1cccc(C#N)c1)c1ccco1. The molecule has 0 amide bonds. The van der Waals surface area contributed by atoms with Gasteiger partial charge in [0.25, 0.3) is 0 Å². The van der Waals surface area contributed by atoms with Crippen molar-refractivity contribution in [3.8, 4) is 6.07 Å². The zero-order valence-corrected chi connectivity index (χ0v) is 11.8. The molecule has 1 heterocycles. The molecule has 0 radical (unpaired) electrons. The first-order valence-electron chi connectivity index (χ1n) is 6.60. The number of nitrogens with one attached hydrogen (secondary N) is 1. The predicted octanol–water partition coefficient (Wildman–Crippen LogP) is 2.54. The van der Waals surface area contributed by atoms with E-state index < -0.39 is 0 Å². The lowest BCUT2D eigenvalue weighted by Gasteiger charge is -2.22. The standard InChI is InChI=1S/C16H19N3O/c1-19(2)15(16-7-4-8-20-16)12-18-11-14-6-3-5-13(9-14)10-17/h3-9,15,18H,11-12H2,1-2H3. The fourth-order valence-electron chi connectivity index (χ4n) is 2.12. The lowest BCUT2D eigenvalue weighted by atomic mass is 10.1. The summed E-state index contributed by atoms with van der Waals surface area (Å²) in [6.45, 7) is 1.53. The van der Waals surface area contributed by atoms with Gasteiger partial charge in [-0.1, -0.05) is 12.1 Å². The summed E-state index contributed by atoms with van der Waals surface area (Å²) in [6.07, 6.45) is 1.70. The minimum atomic E-state index is 0.198. The molecule has 2 rings (SSSR count). The Morgan fingerprint density at radius 3 is 2.80 bits per heavy atom. The smallest absolute Gasteiger partial charge is 0.122 e. The molecule has 0 aliphatic heterocycles. The van der Waals surface area contributed by atoms with Gasteiger partial charge in [0, 0.05) is 13.1 Å². The van der Waals surface area contributed by atoms with Crippen LogP contribution in [0.2, 0.25) is 0 Å². The molecule has 4 nitrogen and oxygen atoms in total. The van der Waals surface area contributed by atoms with Gasteiger partial charge >= 0.3 is 0 Å². The molecule has 1 atom stereocenters. The lowest BCUT2D eigenvalue weighted by molar-refractivity contribution is 0.250. The van der Waals surface area contributed by atoms with Gasteiger partial charge in [-0.15, -0.1) is 0 Å². The van der Waals surface area contributed by atoms with E-state index in [2.05, 4.69) is 16.3 Å². The van der Waals surface area contributed by atoms with E-state index in [1.165, 1.54) is 0 Å². The van der Waals surface area contributed by atoms with Crippen molar-refractivity contribution < 1.29 is 4.42 Å². The first kappa shape index (κ1) is 14.3. The van der Waals surface area contributed by atoms with E-state index in [-0.39, 0.29) is 6.04 Å². The summed E-state index contributed by atoms with van der Waals surface area (Å²) in [5, 5.41) is 12.3. The number of nitriles is 1. The molecule has 0 saturated heterocycles. The molecule has 0 bridgehead atoms. The van der Waals surface area contributed by atoms with E-state index in [0.29, 0.717) is 5.56 Å². The van der Waals surface area contributed by atoms with Gasteiger partial charge in [-0.05, 0) is 43.9 Å². The summed E-state index contributed by atoms with van der Waals surface area (Å²) in [5.41, 5.74) is 1.81. The Kier molecular flexibility index (Phi) is 4.94. The fraction of sp³-hybridized carbons (Fsp3) is 0.312. The molecule has 0 aliphatic rings. The van der Waals surface area contributed by atoms with Crippen molar-refractivity contribution in [3.63, 3.8) is 0 Å². The van der Waals surface area contributed by atoms with Gasteiger partial charge in [0.15, 0.2) is 0 Å². The van der Waals surface area contributed by atoms with E-state index in [1.807, 2.05) is 50.5 Å². The fourth-order valence-corrected chi connectivity index (χ4v) is 2.12. The number of furan rings is 1. The maximum atomic E-state index is 8.88. The van der Waals surface area contributed by atoms with E-state index in [1.54, 1.807) is 6.26 Å². The quantitative estimate of drug-likeness (QED) is 0.875. The number of benzene rings is 1. The molecule has 2 aromatic rings. The maximum absolute atomic E-state index is 8.88. The third kappa shape index (κ3) is 3.70. The second-order valence-electron chi connectivity index (χ2n) is 4.94. The predicted molar refractivity (Wildman–Crippen MR) is 78.0 cm³/mol. The number of likely N-dealkylation sites (N-methyl/N-ethyl adjacent to an activating group) is 1. The zero-order valence-electron chi connectivity index (χ0n) is 11.8. The van der Waals surface area contributed by atoms with Gasteiger partial charge in [-0.3, -0.25) is 4.90 Å². The molecule has 0 saturated carbocycles. The van der Waals surface area contributed by atoms with Gasteiger partial charge < -0.3 is 9.73 Å². The van der Waals surface area contributed by atoms with Crippen LogP contribution in [0.1, 0.15) is 22.9 Å². The summed E-state index contributed by atoms with van der Waals surface area (Å²) in [5.74, 6) is 0.952. The Morgan fingerprint density at radius 1 is 1.30 bits per heavy atom. The van der Waals surface area contributed by atoms with Crippen LogP contribution in [0.5, 0.6) is 0 Å². The highest BCUT2D eigenvalue weighted by molar-refractivity contribution is 5.32. The first-order valence-corrected chi connectivity index (χ1v) is 6.60. The second-order valence-corrected chi connectivity index (χ2v) is 4.94. The number of nitrogens with zero attached hydrogens (tertiary/aromatic N) is 2. The highest BCUT2D eigenvalue weighted by Crippen LogP contribution is 2.17. The van der Waals surface area contributed by atoms with Crippen LogP contribution in [0.4, 0.5) is 0 Å². The maximum Gasteiger partial charge on any atom is 0.122 e. The van der Waals surface area contributed by atoms with E-state index >= 15 is 0 Å². The molecule has 0 aliphatic carbocycles. The normalized spacial score (nSPS) is 12.3. The topological polar surface area (TPSA) is 52.2 Å². The number of rotatable bonds is 6. The van der Waals surface area contributed by atoms with Gasteiger partial charge in [0.05, 0.1) is 23.9 Å². The molecule has 4 heteroatoms. The van der Waals surface area contributed by atoms with Gasteiger partial charge in [0.1, 0.15) is 5.76 Å². The van der Waals surface area contributed by atoms with Crippen molar-refractivity contribution >= 4 is 0 Å². The molecular formula is C16H19N3O. The summed E-state index contributed by atoms with van der Waals surface area (Å²) in [7, 11) is 4.07. The van der Waals surface area contributed by atoms with Crippen molar-refractivity contribution in [2.24, 2.45) is 0 Å². The van der Waals surface area contributed by atoms with E-state index in [9.17, 15) is 0 Å². The van der Waals surface area contributed by atoms with Crippen LogP contribution in [-0.4, -0.2) is 25.5 Å². The Bertz CT molecular complexity index is 570. The highest BCUT2D eigenvalue weighted by atomic mass is 16.3. The third-order valence-corrected chi connectivity index (χ3v) is 3.22. The van der Waals surface area contributed by atoms with Crippen LogP contribution >= 0.6 is 0 Å². The molecule has 1 N–H and O–H groups in total. The number of hydrogen-bond donors (Lipinski definition) is 1. The zero-order chi connectivity index (χ0) is 14.4. The highest BCUT2D eigenvalue weighted by Gasteiger charge is 2.16. The van der Waals surface area contributed by atoms with Crippen molar-refractivity contribution in [1.29, 1.82) is 5.26 Å². The number of hydrogen-bond acceptors (Lipinski definition) is 4. The van der Waals surface area contributed by atoms with Crippen molar-refractivity contribution in [3.05, 3.63) is 59.5 Å². The molecule has 1 aromatic carbocycles. The van der Waals surface area contributed by atoms with Crippen molar-refractivity contribution in [1.82, 2.24) is 10.2 Å². The van der Waals surface area contributed by atoms with Gasteiger partial charge in [0.2, 0.25) is 0 Å². The molecule has 104 valence electrons. The van der Waals surface area contributed by atoms with E-state index in [4.69, 9.17) is 9.68 Å². The summed E-state index contributed by atoms with van der Waals surface area (Å²) >= 11 is 0. The molecule has 0 spiro atoms. The monoisotopic (exact) mass is 269 g/mol. The Hall–Kier alpha value is -2.09. The third-order valence-electron chi connectivity index (χ3n) is 3.22. The van der Waals surface area contributed by atoms with Crippen LogP contribution < -0.4 is 5.32 Å². The summed E-state index contributed by atoms with van der Waals surface area (Å²) in [4.78, 5) is 2.12. The lowest BCUT2D eigenvalue weighted by Crippen LogP contribution is -2.30. The van der Waals surface area contributed by atoms with Crippen LogP contribution in [0, 0.1) is 11.3 Å². The van der Waals surface area contributed by atoms with E-state index in [0.717, 1.165) is 24.4 Å². The molecule has 1 unspecified atom stereocenters.